The molecule has 2 rings (SSSR count). The molecular weight excluding hydrogens is 243 g/mol. The summed E-state index contributed by atoms with van der Waals surface area (Å²) in [5.74, 6) is 0. The van der Waals surface area contributed by atoms with Crippen molar-refractivity contribution < 1.29 is 5.02 Å². The van der Waals surface area contributed by atoms with Crippen LogP contribution in [-0.2, 0) is 0 Å². The van der Waals surface area contributed by atoms with Crippen molar-refractivity contribution in [3.05, 3.63) is 69.8 Å². The Bertz CT molecular complexity index is 382. The number of hydrogen-bond acceptors (Lipinski definition) is 1. The predicted octanol–water partition coefficient (Wildman–Crippen LogP) is 4.29. The van der Waals surface area contributed by atoms with Crippen LogP contribution in [0.4, 0.5) is 0 Å². The minimum atomic E-state index is 1.35. The second-order valence-electron chi connectivity index (χ2n) is 5.33. The van der Waals surface area contributed by atoms with Gasteiger partial charge in [0.25, 0.3) is 8.05 Å². The van der Waals surface area contributed by atoms with E-state index in [1.165, 1.54) is 33.4 Å². The number of rotatable bonds is 0. The van der Waals surface area contributed by atoms with Crippen LogP contribution in [0.2, 0.25) is 0 Å². The van der Waals surface area contributed by atoms with Crippen molar-refractivity contribution in [3.63, 3.8) is 0 Å². The van der Waals surface area contributed by atoms with Crippen LogP contribution >= 0.6 is 0 Å². The first-order chi connectivity index (χ1) is 9.36. The van der Waals surface area contributed by atoms with E-state index in [0.717, 1.165) is 0 Å². The zero-order valence-electron chi connectivity index (χ0n) is 13.5. The molecule has 0 aliphatic carbocycles. The summed E-state index contributed by atoms with van der Waals surface area (Å²) in [4.78, 5) is 0. The van der Waals surface area contributed by atoms with E-state index in [9.17, 15) is 0 Å². The summed E-state index contributed by atoms with van der Waals surface area (Å²) in [6.07, 6.45) is 0. The molecule has 2 heteroatoms. The van der Waals surface area contributed by atoms with E-state index in [-0.39, 0.29) is 0 Å². The molecule has 1 nitrogen and oxygen atoms in total. The normalized spacial score (nSPS) is 8.95. The van der Waals surface area contributed by atoms with Crippen molar-refractivity contribution in [2.45, 2.75) is 41.5 Å². The number of benzene rings is 2. The maximum absolute atomic E-state index is 6.50. The molecule has 0 saturated carbocycles. The van der Waals surface area contributed by atoms with Gasteiger partial charge in [-0.3, -0.25) is 0 Å². The Morgan fingerprint density at radius 3 is 0.650 bits per heavy atom. The summed E-state index contributed by atoms with van der Waals surface area (Å²) in [6.45, 7) is 12.8. The summed E-state index contributed by atoms with van der Waals surface area (Å²) in [5.41, 5.74) is 8.13. The zero-order chi connectivity index (χ0) is 15.7. The Labute approximate surface area is 125 Å². The average Bonchev–Trinajstić information content (AvgIpc) is 2.28. The molecule has 0 saturated heterocycles. The molecule has 0 aliphatic heterocycles. The predicted molar refractivity (Wildman–Crippen MR) is 89.3 cm³/mol. The Hall–Kier alpha value is -1.54. The second-order valence-corrected chi connectivity index (χ2v) is 5.33. The molecule has 0 aliphatic rings. The monoisotopic (exact) mass is 268 g/mol. The Morgan fingerprint density at radius 2 is 0.550 bits per heavy atom. The minimum absolute atomic E-state index is 1.35. The van der Waals surface area contributed by atoms with E-state index in [1.807, 2.05) is 0 Å². The zero-order valence-corrected chi connectivity index (χ0v) is 13.5. The van der Waals surface area contributed by atoms with Gasteiger partial charge in [0, 0.05) is 0 Å². The Morgan fingerprint density at radius 1 is 0.450 bits per heavy atom. The highest BCUT2D eigenvalue weighted by molar-refractivity contribution is 5.95. The van der Waals surface area contributed by atoms with Crippen LogP contribution in [-0.4, -0.2) is 13.1 Å². The standard InChI is InChI=1S/2C9H12.BHO/c2*1-7-4-8(2)6-9(3)5-7;1-2/h2*4-6H,1-3H3;2H. The first kappa shape index (κ1) is 18.5. The molecule has 0 fully saturated rings. The molecule has 2 radical (unpaired) electrons. The van der Waals surface area contributed by atoms with Crippen LogP contribution in [0.1, 0.15) is 33.4 Å². The van der Waals surface area contributed by atoms with Crippen molar-refractivity contribution in [1.29, 1.82) is 0 Å². The smallest absolute Gasteiger partial charge is 0.277 e. The van der Waals surface area contributed by atoms with Gasteiger partial charge in [-0.25, -0.2) is 0 Å². The van der Waals surface area contributed by atoms with Gasteiger partial charge in [0.05, 0.1) is 0 Å². The molecule has 0 atom stereocenters. The van der Waals surface area contributed by atoms with Crippen molar-refractivity contribution in [2.24, 2.45) is 0 Å². The Balaban J connectivity index is 0.000000321. The van der Waals surface area contributed by atoms with Crippen LogP contribution in [0.5, 0.6) is 0 Å². The molecule has 1 N–H and O–H groups in total. The van der Waals surface area contributed by atoms with E-state index < -0.39 is 0 Å². The van der Waals surface area contributed by atoms with E-state index in [1.54, 1.807) is 0 Å². The van der Waals surface area contributed by atoms with Crippen molar-refractivity contribution in [2.75, 3.05) is 0 Å². The fraction of sp³-hybridized carbons (Fsp3) is 0.333. The minimum Gasteiger partial charge on any atom is -0.461 e. The molecule has 20 heavy (non-hydrogen) atoms. The van der Waals surface area contributed by atoms with Gasteiger partial charge in [-0.05, 0) is 41.5 Å². The van der Waals surface area contributed by atoms with Gasteiger partial charge in [0.15, 0.2) is 0 Å². The molecule has 2 aromatic carbocycles. The molecule has 0 aromatic heterocycles. The van der Waals surface area contributed by atoms with Crippen LogP contribution < -0.4 is 0 Å². The van der Waals surface area contributed by atoms with Gasteiger partial charge in [-0.15, -0.1) is 0 Å². The van der Waals surface area contributed by atoms with Gasteiger partial charge < -0.3 is 5.02 Å². The maximum atomic E-state index is 6.50. The van der Waals surface area contributed by atoms with Crippen molar-refractivity contribution in [1.82, 2.24) is 0 Å². The summed E-state index contributed by atoms with van der Waals surface area (Å²) in [6, 6.07) is 13.1. The molecule has 0 unspecified atom stereocenters. The first-order valence-corrected chi connectivity index (χ1v) is 6.72. The summed E-state index contributed by atoms with van der Waals surface area (Å²) in [5, 5.41) is 6.50. The van der Waals surface area contributed by atoms with Gasteiger partial charge in [0.1, 0.15) is 0 Å². The third-order valence-corrected chi connectivity index (χ3v) is 2.73. The quantitative estimate of drug-likeness (QED) is 0.707. The number of aryl methyl sites for hydroxylation is 6. The van der Waals surface area contributed by atoms with Gasteiger partial charge in [-0.1, -0.05) is 69.8 Å². The molecule has 0 spiro atoms. The molecule has 0 bridgehead atoms. The van der Waals surface area contributed by atoms with Gasteiger partial charge in [0.2, 0.25) is 0 Å². The van der Waals surface area contributed by atoms with Crippen LogP contribution in [0, 0.1) is 41.5 Å². The topological polar surface area (TPSA) is 20.2 Å². The lowest BCUT2D eigenvalue weighted by Crippen LogP contribution is -1.78. The molecule has 106 valence electrons. The highest BCUT2D eigenvalue weighted by atomic mass is 16.2. The highest BCUT2D eigenvalue weighted by Gasteiger charge is 1.88. The maximum Gasteiger partial charge on any atom is 0.277 e. The number of hydrogen-bond donors (Lipinski definition) is 1. The third-order valence-electron chi connectivity index (χ3n) is 2.73. The van der Waals surface area contributed by atoms with Crippen molar-refractivity contribution in [3.8, 4) is 0 Å². The summed E-state index contributed by atoms with van der Waals surface area (Å²) in [7, 11) is 3.50. The van der Waals surface area contributed by atoms with Crippen LogP contribution in [0.25, 0.3) is 0 Å². The SMILES string of the molecule is Cc1cc(C)cc(C)c1.Cc1cc(C)cc(C)c1.[B]O. The van der Waals surface area contributed by atoms with E-state index in [0.29, 0.717) is 0 Å². The summed E-state index contributed by atoms with van der Waals surface area (Å²) >= 11 is 0. The van der Waals surface area contributed by atoms with Gasteiger partial charge in [-0.2, -0.15) is 0 Å². The second kappa shape index (κ2) is 9.38. The van der Waals surface area contributed by atoms with Crippen LogP contribution in [0.3, 0.4) is 0 Å². The Kier molecular flexibility index (Phi) is 8.66. The van der Waals surface area contributed by atoms with E-state index in [4.69, 9.17) is 5.02 Å². The molecule has 0 amide bonds. The van der Waals surface area contributed by atoms with Gasteiger partial charge >= 0.3 is 0 Å². The average molecular weight is 268 g/mol. The van der Waals surface area contributed by atoms with Crippen molar-refractivity contribution >= 4 is 8.05 Å². The fourth-order valence-electron chi connectivity index (χ4n) is 2.40. The lowest BCUT2D eigenvalue weighted by molar-refractivity contribution is 0.629. The fourth-order valence-corrected chi connectivity index (χ4v) is 2.40. The molecule has 0 heterocycles. The highest BCUT2D eigenvalue weighted by Crippen LogP contribution is 2.07. The lowest BCUT2D eigenvalue weighted by atomic mass is 10.1. The first-order valence-electron chi connectivity index (χ1n) is 6.72. The largest absolute Gasteiger partial charge is 0.461 e. The third kappa shape index (κ3) is 7.80. The van der Waals surface area contributed by atoms with Crippen LogP contribution in [0.15, 0.2) is 36.4 Å². The summed E-state index contributed by atoms with van der Waals surface area (Å²) < 4.78 is 0. The molecular formula is C18H25BO. The lowest BCUT2D eigenvalue weighted by Gasteiger charge is -1.96. The molecule has 2 aromatic rings. The van der Waals surface area contributed by atoms with E-state index in [2.05, 4.69) is 86.0 Å². The van der Waals surface area contributed by atoms with E-state index >= 15 is 0 Å².